The number of aliphatic hydroxyl groups excluding tert-OH is 1. The molecule has 1 saturated carbocycles. The highest BCUT2D eigenvalue weighted by molar-refractivity contribution is 4.92. The Hall–Kier alpha value is -0.340. The summed E-state index contributed by atoms with van der Waals surface area (Å²) in [6, 6.07) is 0. The van der Waals surface area contributed by atoms with E-state index in [2.05, 4.69) is 13.5 Å². The van der Waals surface area contributed by atoms with Gasteiger partial charge in [0.1, 0.15) is 0 Å². The number of aliphatic hydroxyl groups is 1. The van der Waals surface area contributed by atoms with Gasteiger partial charge in [0.2, 0.25) is 0 Å². The topological polar surface area (TPSA) is 29.5 Å². The summed E-state index contributed by atoms with van der Waals surface area (Å²) in [5.74, 6) is 0.572. The minimum atomic E-state index is -0.773. The molecule has 0 aromatic carbocycles. The van der Waals surface area contributed by atoms with Crippen molar-refractivity contribution in [3.05, 3.63) is 12.2 Å². The van der Waals surface area contributed by atoms with Gasteiger partial charge < -0.3 is 9.84 Å². The zero-order valence-corrected chi connectivity index (χ0v) is 8.62. The van der Waals surface area contributed by atoms with Crippen LogP contribution in [0.3, 0.4) is 0 Å². The monoisotopic (exact) mass is 184 g/mol. The Bertz CT molecular complexity index is 177. The molecule has 1 aliphatic carbocycles. The molecule has 1 rings (SSSR count). The molecule has 1 fully saturated rings. The van der Waals surface area contributed by atoms with Crippen LogP contribution < -0.4 is 0 Å². The zero-order chi connectivity index (χ0) is 9.84. The molecule has 0 radical (unpaired) electrons. The molecule has 0 saturated heterocycles. The minimum absolute atomic E-state index is 0.223. The lowest BCUT2D eigenvalue weighted by molar-refractivity contribution is -0.135. The summed E-state index contributed by atoms with van der Waals surface area (Å²) in [5, 5.41) is 9.47. The second-order valence-corrected chi connectivity index (χ2v) is 4.13. The van der Waals surface area contributed by atoms with Crippen molar-refractivity contribution in [1.29, 1.82) is 0 Å². The second kappa shape index (κ2) is 4.77. The summed E-state index contributed by atoms with van der Waals surface area (Å²) in [5.41, 5.74) is 0.692. The lowest BCUT2D eigenvalue weighted by Gasteiger charge is -2.30. The standard InChI is InChI=1S/C11H20O2/c1-8(2)11(12)13-10-7-5-4-6-9(10)3/h9-12H,1,4-7H2,2-3H3. The van der Waals surface area contributed by atoms with Crippen molar-refractivity contribution in [2.45, 2.75) is 51.9 Å². The molecule has 13 heavy (non-hydrogen) atoms. The molecule has 3 unspecified atom stereocenters. The summed E-state index contributed by atoms with van der Waals surface area (Å²) >= 11 is 0. The van der Waals surface area contributed by atoms with E-state index in [1.54, 1.807) is 6.92 Å². The van der Waals surface area contributed by atoms with Crippen molar-refractivity contribution in [1.82, 2.24) is 0 Å². The van der Waals surface area contributed by atoms with Gasteiger partial charge in [0.05, 0.1) is 6.10 Å². The van der Waals surface area contributed by atoms with Gasteiger partial charge in [-0.25, -0.2) is 0 Å². The van der Waals surface area contributed by atoms with E-state index >= 15 is 0 Å². The Balaban J connectivity index is 2.37. The Morgan fingerprint density at radius 3 is 2.62 bits per heavy atom. The highest BCUT2D eigenvalue weighted by Crippen LogP contribution is 2.27. The van der Waals surface area contributed by atoms with Crippen molar-refractivity contribution in [2.24, 2.45) is 5.92 Å². The molecule has 1 aliphatic rings. The molecule has 0 heterocycles. The quantitative estimate of drug-likeness (QED) is 0.539. The largest absolute Gasteiger partial charge is 0.364 e. The van der Waals surface area contributed by atoms with Gasteiger partial charge in [-0.1, -0.05) is 26.3 Å². The fraction of sp³-hybridized carbons (Fsp3) is 0.818. The van der Waals surface area contributed by atoms with Crippen LogP contribution in [0.15, 0.2) is 12.2 Å². The van der Waals surface area contributed by atoms with Crippen LogP contribution in [0.25, 0.3) is 0 Å². The van der Waals surface area contributed by atoms with Crippen molar-refractivity contribution >= 4 is 0 Å². The van der Waals surface area contributed by atoms with Crippen molar-refractivity contribution < 1.29 is 9.84 Å². The fourth-order valence-electron chi connectivity index (χ4n) is 1.77. The van der Waals surface area contributed by atoms with Gasteiger partial charge in [-0.3, -0.25) is 0 Å². The molecule has 0 aliphatic heterocycles. The number of hydrogen-bond donors (Lipinski definition) is 1. The van der Waals surface area contributed by atoms with Gasteiger partial charge in [0.15, 0.2) is 6.29 Å². The van der Waals surface area contributed by atoms with Gasteiger partial charge in [-0.05, 0) is 31.3 Å². The van der Waals surface area contributed by atoms with Crippen LogP contribution >= 0.6 is 0 Å². The van der Waals surface area contributed by atoms with Crippen LogP contribution in [0.1, 0.15) is 39.5 Å². The van der Waals surface area contributed by atoms with Crippen molar-refractivity contribution in [3.8, 4) is 0 Å². The smallest absolute Gasteiger partial charge is 0.176 e. The van der Waals surface area contributed by atoms with Gasteiger partial charge in [0, 0.05) is 0 Å². The summed E-state index contributed by atoms with van der Waals surface area (Å²) in [6.07, 6.45) is 4.26. The maximum absolute atomic E-state index is 9.47. The van der Waals surface area contributed by atoms with Gasteiger partial charge in [0.25, 0.3) is 0 Å². The normalized spacial score (nSPS) is 31.3. The average molecular weight is 184 g/mol. The maximum atomic E-state index is 9.47. The average Bonchev–Trinajstić information content (AvgIpc) is 2.08. The van der Waals surface area contributed by atoms with Crippen LogP contribution in [-0.2, 0) is 4.74 Å². The highest BCUT2D eigenvalue weighted by atomic mass is 16.6. The first kappa shape index (κ1) is 10.7. The Morgan fingerprint density at radius 1 is 1.46 bits per heavy atom. The Labute approximate surface area is 80.6 Å². The maximum Gasteiger partial charge on any atom is 0.176 e. The molecule has 2 nitrogen and oxygen atoms in total. The first-order valence-electron chi connectivity index (χ1n) is 5.10. The lowest BCUT2D eigenvalue weighted by Crippen LogP contribution is -2.30. The molecule has 1 N–H and O–H groups in total. The van der Waals surface area contributed by atoms with Crippen LogP contribution in [0.5, 0.6) is 0 Å². The summed E-state index contributed by atoms with van der Waals surface area (Å²) in [4.78, 5) is 0. The van der Waals surface area contributed by atoms with E-state index in [4.69, 9.17) is 4.74 Å². The van der Waals surface area contributed by atoms with Crippen LogP contribution in [0, 0.1) is 5.92 Å². The van der Waals surface area contributed by atoms with E-state index in [-0.39, 0.29) is 6.10 Å². The molecule has 0 bridgehead atoms. The first-order chi connectivity index (χ1) is 6.11. The van der Waals surface area contributed by atoms with Gasteiger partial charge >= 0.3 is 0 Å². The molecule has 0 spiro atoms. The Kier molecular flexibility index (Phi) is 3.94. The molecule has 76 valence electrons. The summed E-state index contributed by atoms with van der Waals surface area (Å²) in [7, 11) is 0. The first-order valence-corrected chi connectivity index (χ1v) is 5.10. The third-order valence-corrected chi connectivity index (χ3v) is 2.76. The van der Waals surface area contributed by atoms with Crippen LogP contribution in [-0.4, -0.2) is 17.5 Å². The van der Waals surface area contributed by atoms with Gasteiger partial charge in [-0.2, -0.15) is 0 Å². The predicted octanol–water partition coefficient (Wildman–Crippen LogP) is 2.48. The molecule has 0 aromatic rings. The second-order valence-electron chi connectivity index (χ2n) is 4.13. The minimum Gasteiger partial charge on any atom is -0.364 e. The highest BCUT2D eigenvalue weighted by Gasteiger charge is 2.24. The van der Waals surface area contributed by atoms with E-state index in [0.29, 0.717) is 11.5 Å². The molecule has 3 atom stereocenters. The summed E-state index contributed by atoms with van der Waals surface area (Å²) < 4.78 is 5.52. The summed E-state index contributed by atoms with van der Waals surface area (Å²) in [6.45, 7) is 7.65. The van der Waals surface area contributed by atoms with E-state index in [9.17, 15) is 5.11 Å². The lowest BCUT2D eigenvalue weighted by atomic mass is 9.88. The number of ether oxygens (including phenoxy) is 1. The van der Waals surface area contributed by atoms with Crippen LogP contribution in [0.4, 0.5) is 0 Å². The molecular weight excluding hydrogens is 164 g/mol. The number of rotatable bonds is 3. The fourth-order valence-corrected chi connectivity index (χ4v) is 1.77. The third kappa shape index (κ3) is 3.12. The van der Waals surface area contributed by atoms with E-state index < -0.39 is 6.29 Å². The third-order valence-electron chi connectivity index (χ3n) is 2.76. The molecule has 0 aromatic heterocycles. The molecule has 0 amide bonds. The van der Waals surface area contributed by atoms with Crippen molar-refractivity contribution in [3.63, 3.8) is 0 Å². The Morgan fingerprint density at radius 2 is 2.08 bits per heavy atom. The molecular formula is C11H20O2. The number of hydrogen-bond acceptors (Lipinski definition) is 2. The van der Waals surface area contributed by atoms with E-state index in [0.717, 1.165) is 6.42 Å². The molecule has 2 heteroatoms. The van der Waals surface area contributed by atoms with Gasteiger partial charge in [-0.15, -0.1) is 0 Å². The predicted molar refractivity (Wildman–Crippen MR) is 53.3 cm³/mol. The zero-order valence-electron chi connectivity index (χ0n) is 8.62. The van der Waals surface area contributed by atoms with E-state index in [1.165, 1.54) is 19.3 Å². The van der Waals surface area contributed by atoms with Crippen LogP contribution in [0.2, 0.25) is 0 Å². The van der Waals surface area contributed by atoms with Crippen molar-refractivity contribution in [2.75, 3.05) is 0 Å². The van der Waals surface area contributed by atoms with E-state index in [1.807, 2.05) is 0 Å². The SMILES string of the molecule is C=C(C)C(O)OC1CCCCC1C.